The van der Waals surface area contributed by atoms with E-state index in [1.807, 2.05) is 45.0 Å². The lowest BCUT2D eigenvalue weighted by atomic mass is 9.95. The highest BCUT2D eigenvalue weighted by atomic mass is 35.5. The zero-order valence-electron chi connectivity index (χ0n) is 22.7. The fourth-order valence-electron chi connectivity index (χ4n) is 4.94. The summed E-state index contributed by atoms with van der Waals surface area (Å²) in [5.41, 5.74) is 1.80. The molecule has 208 valence electrons. The van der Waals surface area contributed by atoms with E-state index in [1.54, 1.807) is 17.0 Å². The molecule has 0 spiro atoms. The Balaban J connectivity index is 1.79. The third-order valence-electron chi connectivity index (χ3n) is 6.91. The molecule has 1 N–H and O–H groups in total. The van der Waals surface area contributed by atoms with Gasteiger partial charge in [-0.1, -0.05) is 61.5 Å². The number of carbonyl (C=O) groups excluding carboxylic acids is 2. The molecule has 2 aromatic rings. The van der Waals surface area contributed by atoms with Gasteiger partial charge in [0.2, 0.25) is 11.8 Å². The van der Waals surface area contributed by atoms with Crippen molar-refractivity contribution in [3.8, 4) is 11.5 Å². The predicted molar refractivity (Wildman–Crippen MR) is 153 cm³/mol. The van der Waals surface area contributed by atoms with Crippen molar-refractivity contribution in [3.63, 3.8) is 0 Å². The number of hydrogen-bond donors (Lipinski definition) is 1. The quantitative estimate of drug-likeness (QED) is 0.286. The first-order chi connectivity index (χ1) is 18.4. The molecule has 6 nitrogen and oxygen atoms in total. The van der Waals surface area contributed by atoms with Crippen molar-refractivity contribution in [1.82, 2.24) is 10.2 Å². The van der Waals surface area contributed by atoms with Crippen molar-refractivity contribution in [2.45, 2.75) is 90.8 Å². The maximum absolute atomic E-state index is 13.7. The lowest BCUT2D eigenvalue weighted by molar-refractivity contribution is -0.141. The summed E-state index contributed by atoms with van der Waals surface area (Å²) in [6.07, 6.45) is 6.73. The van der Waals surface area contributed by atoms with Crippen molar-refractivity contribution in [2.75, 3.05) is 13.2 Å². The van der Waals surface area contributed by atoms with E-state index in [2.05, 4.69) is 5.32 Å². The first-order valence-corrected chi connectivity index (χ1v) is 14.5. The van der Waals surface area contributed by atoms with Crippen LogP contribution in [0.3, 0.4) is 0 Å². The summed E-state index contributed by atoms with van der Waals surface area (Å²) < 4.78 is 11.4. The Bertz CT molecular complexity index is 1070. The predicted octanol–water partition coefficient (Wildman–Crippen LogP) is 6.98. The summed E-state index contributed by atoms with van der Waals surface area (Å²) >= 11 is 12.4. The zero-order valence-corrected chi connectivity index (χ0v) is 24.2. The summed E-state index contributed by atoms with van der Waals surface area (Å²) in [5.74, 6) is 1.18. The van der Waals surface area contributed by atoms with Crippen LogP contribution < -0.4 is 14.8 Å². The number of carbonyl (C=O) groups is 2. The van der Waals surface area contributed by atoms with E-state index in [0.29, 0.717) is 47.6 Å². The molecule has 0 heterocycles. The van der Waals surface area contributed by atoms with Crippen LogP contribution in [0.5, 0.6) is 11.5 Å². The van der Waals surface area contributed by atoms with Crippen molar-refractivity contribution < 1.29 is 19.1 Å². The molecule has 3 rings (SSSR count). The van der Waals surface area contributed by atoms with Gasteiger partial charge in [0, 0.05) is 19.0 Å². The molecule has 1 aliphatic carbocycles. The second kappa shape index (κ2) is 15.2. The number of amides is 2. The highest BCUT2D eigenvalue weighted by Gasteiger charge is 2.30. The minimum absolute atomic E-state index is 0.0893. The smallest absolute Gasteiger partial charge is 0.243 e. The first kappa shape index (κ1) is 30.1. The van der Waals surface area contributed by atoms with Gasteiger partial charge < -0.3 is 19.7 Å². The van der Waals surface area contributed by atoms with Crippen molar-refractivity contribution >= 4 is 35.0 Å². The topological polar surface area (TPSA) is 67.9 Å². The van der Waals surface area contributed by atoms with E-state index in [0.717, 1.165) is 36.8 Å². The molecule has 0 aromatic heterocycles. The molecule has 1 fully saturated rings. The van der Waals surface area contributed by atoms with Crippen LogP contribution in [0.15, 0.2) is 36.4 Å². The lowest BCUT2D eigenvalue weighted by Gasteiger charge is -2.33. The van der Waals surface area contributed by atoms with Gasteiger partial charge in [0.05, 0.1) is 23.3 Å². The van der Waals surface area contributed by atoms with Gasteiger partial charge in [0.15, 0.2) is 11.5 Å². The second-order valence-corrected chi connectivity index (χ2v) is 10.5. The maximum Gasteiger partial charge on any atom is 0.243 e. The molecule has 8 heteroatoms. The third kappa shape index (κ3) is 8.54. The SMILES string of the molecule is CCOc1ccc(CCC(=O)N(Cc2ccc(Cl)c(Cl)c2)[C@@H](CC)C(=O)NC2CCCCC2)cc1OCC. The summed E-state index contributed by atoms with van der Waals surface area (Å²) in [6.45, 7) is 7.15. The number of benzene rings is 2. The van der Waals surface area contributed by atoms with Crippen LogP contribution in [0.25, 0.3) is 0 Å². The normalized spacial score (nSPS) is 14.6. The first-order valence-electron chi connectivity index (χ1n) is 13.8. The number of halogens is 2. The fraction of sp³-hybridized carbons (Fsp3) is 0.533. The van der Waals surface area contributed by atoms with Crippen LogP contribution >= 0.6 is 23.2 Å². The Hall–Kier alpha value is -2.44. The molecule has 1 saturated carbocycles. The second-order valence-electron chi connectivity index (χ2n) is 9.68. The fourth-order valence-corrected chi connectivity index (χ4v) is 5.27. The Morgan fingerprint density at radius 2 is 1.61 bits per heavy atom. The van der Waals surface area contributed by atoms with Gasteiger partial charge in [-0.15, -0.1) is 0 Å². The molecular weight excluding hydrogens is 523 g/mol. The molecule has 2 aromatic carbocycles. The lowest BCUT2D eigenvalue weighted by Crippen LogP contribution is -2.51. The van der Waals surface area contributed by atoms with Gasteiger partial charge >= 0.3 is 0 Å². The Morgan fingerprint density at radius 3 is 2.26 bits per heavy atom. The third-order valence-corrected chi connectivity index (χ3v) is 7.65. The monoisotopic (exact) mass is 562 g/mol. The Morgan fingerprint density at radius 1 is 0.921 bits per heavy atom. The van der Waals surface area contributed by atoms with Gasteiger partial charge in [-0.2, -0.15) is 0 Å². The van der Waals surface area contributed by atoms with Crippen molar-refractivity contribution in [1.29, 1.82) is 0 Å². The van der Waals surface area contributed by atoms with Gasteiger partial charge in [-0.05, 0) is 74.9 Å². The van der Waals surface area contributed by atoms with E-state index in [-0.39, 0.29) is 30.8 Å². The number of rotatable bonds is 13. The average Bonchev–Trinajstić information content (AvgIpc) is 2.91. The summed E-state index contributed by atoms with van der Waals surface area (Å²) in [7, 11) is 0. The number of aryl methyl sites for hydroxylation is 1. The van der Waals surface area contributed by atoms with Crippen LogP contribution in [0.4, 0.5) is 0 Å². The van der Waals surface area contributed by atoms with Gasteiger partial charge in [-0.3, -0.25) is 9.59 Å². The van der Waals surface area contributed by atoms with Crippen molar-refractivity contribution in [3.05, 3.63) is 57.6 Å². The molecule has 0 saturated heterocycles. The highest BCUT2D eigenvalue weighted by Crippen LogP contribution is 2.29. The van der Waals surface area contributed by atoms with E-state index in [9.17, 15) is 9.59 Å². The molecule has 0 aliphatic heterocycles. The minimum atomic E-state index is -0.571. The molecule has 0 unspecified atom stereocenters. The van der Waals surface area contributed by atoms with Crippen LogP contribution in [0, 0.1) is 0 Å². The van der Waals surface area contributed by atoms with Gasteiger partial charge in [-0.25, -0.2) is 0 Å². The van der Waals surface area contributed by atoms with E-state index in [4.69, 9.17) is 32.7 Å². The van der Waals surface area contributed by atoms with Crippen LogP contribution in [-0.4, -0.2) is 42.0 Å². The Kier molecular flexibility index (Phi) is 12.1. The van der Waals surface area contributed by atoms with Crippen LogP contribution in [0.2, 0.25) is 10.0 Å². The molecular formula is C30H40Cl2N2O4. The molecule has 0 bridgehead atoms. The molecule has 1 aliphatic rings. The van der Waals surface area contributed by atoms with Gasteiger partial charge in [0.25, 0.3) is 0 Å². The maximum atomic E-state index is 13.7. The van der Waals surface area contributed by atoms with Crippen LogP contribution in [-0.2, 0) is 22.6 Å². The highest BCUT2D eigenvalue weighted by molar-refractivity contribution is 6.42. The zero-order chi connectivity index (χ0) is 27.5. The van der Waals surface area contributed by atoms with Gasteiger partial charge in [0.1, 0.15) is 6.04 Å². The Labute approximate surface area is 237 Å². The van der Waals surface area contributed by atoms with E-state index in [1.165, 1.54) is 6.42 Å². The number of nitrogens with one attached hydrogen (secondary N) is 1. The molecule has 1 atom stereocenters. The summed E-state index contributed by atoms with van der Waals surface area (Å²) in [4.78, 5) is 28.8. The molecule has 0 radical (unpaired) electrons. The summed E-state index contributed by atoms with van der Waals surface area (Å²) in [5, 5.41) is 4.09. The number of hydrogen-bond acceptors (Lipinski definition) is 4. The summed E-state index contributed by atoms with van der Waals surface area (Å²) in [6, 6.07) is 10.7. The van der Waals surface area contributed by atoms with E-state index >= 15 is 0 Å². The van der Waals surface area contributed by atoms with E-state index < -0.39 is 6.04 Å². The molecule has 2 amide bonds. The van der Waals surface area contributed by atoms with Crippen LogP contribution in [0.1, 0.15) is 76.8 Å². The minimum Gasteiger partial charge on any atom is -0.490 e. The molecule has 38 heavy (non-hydrogen) atoms. The standard InChI is InChI=1S/C30H40Cl2N2O4/c1-4-26(30(36)33-23-10-8-7-9-11-23)34(20-22-12-15-24(31)25(32)18-22)29(35)17-14-21-13-16-27(37-5-2)28(19-21)38-6-3/h12-13,15-16,18-19,23,26H,4-11,14,17,20H2,1-3H3,(H,33,36)/t26-/m0/s1. The largest absolute Gasteiger partial charge is 0.490 e. The number of nitrogens with zero attached hydrogens (tertiary/aromatic N) is 1. The number of ether oxygens (including phenoxy) is 2. The van der Waals surface area contributed by atoms with Crippen molar-refractivity contribution in [2.24, 2.45) is 0 Å². The average molecular weight is 564 g/mol.